The van der Waals surface area contributed by atoms with Gasteiger partial charge in [-0.1, -0.05) is 12.1 Å². The van der Waals surface area contributed by atoms with Crippen molar-refractivity contribution in [3.05, 3.63) is 60.8 Å². The van der Waals surface area contributed by atoms with Crippen molar-refractivity contribution in [1.82, 2.24) is 24.2 Å². The van der Waals surface area contributed by atoms with E-state index in [2.05, 4.69) is 56.5 Å². The number of nitrogens with zero attached hydrogens (tertiary/aromatic N) is 5. The topological polar surface area (TPSA) is 109 Å². The largest absolute Gasteiger partial charge is 0.373 e. The smallest absolute Gasteiger partial charge is 0.244 e. The molecule has 2 aromatic carbocycles. The van der Waals surface area contributed by atoms with Crippen molar-refractivity contribution < 1.29 is 8.42 Å². The SMILES string of the molecule is CN(C)CCN(C)c1ccc(Nc2nc(Nc3ccccc3S(=O)(=O)N(C)C)c3cc[nH]c3n2)cc1. The number of anilines is 5. The molecule has 4 rings (SSSR count). The number of para-hydroxylation sites is 1. The lowest BCUT2D eigenvalue weighted by molar-refractivity contribution is 0.416. The second kappa shape index (κ2) is 10.5. The van der Waals surface area contributed by atoms with Crippen molar-refractivity contribution in [3.63, 3.8) is 0 Å². The Labute approximate surface area is 212 Å². The van der Waals surface area contributed by atoms with Crippen molar-refractivity contribution in [3.8, 4) is 0 Å². The van der Waals surface area contributed by atoms with Crippen LogP contribution < -0.4 is 15.5 Å². The molecule has 0 bridgehead atoms. The zero-order valence-corrected chi connectivity index (χ0v) is 22.0. The Kier molecular flexibility index (Phi) is 7.43. The molecular weight excluding hydrogens is 476 g/mol. The average Bonchev–Trinajstić information content (AvgIpc) is 3.32. The third kappa shape index (κ3) is 5.59. The summed E-state index contributed by atoms with van der Waals surface area (Å²) in [6, 6.07) is 16.7. The first-order valence-electron chi connectivity index (χ1n) is 11.5. The minimum Gasteiger partial charge on any atom is -0.373 e. The van der Waals surface area contributed by atoms with Crippen LogP contribution in [0.1, 0.15) is 0 Å². The summed E-state index contributed by atoms with van der Waals surface area (Å²) in [7, 11) is 5.56. The molecule has 0 saturated carbocycles. The van der Waals surface area contributed by atoms with E-state index in [1.54, 1.807) is 30.5 Å². The van der Waals surface area contributed by atoms with Crippen molar-refractivity contribution in [1.29, 1.82) is 0 Å². The third-order valence-corrected chi connectivity index (χ3v) is 7.63. The van der Waals surface area contributed by atoms with Gasteiger partial charge in [0.15, 0.2) is 0 Å². The van der Waals surface area contributed by atoms with Crippen LogP contribution >= 0.6 is 0 Å². The number of aromatic nitrogens is 3. The molecule has 0 aliphatic rings. The van der Waals surface area contributed by atoms with Crippen molar-refractivity contribution in [2.24, 2.45) is 0 Å². The van der Waals surface area contributed by atoms with Crippen LogP contribution in [0.4, 0.5) is 28.8 Å². The summed E-state index contributed by atoms with van der Waals surface area (Å²) in [5.41, 5.74) is 3.02. The third-order valence-electron chi connectivity index (χ3n) is 5.76. The molecule has 10 nitrogen and oxygen atoms in total. The van der Waals surface area contributed by atoms with E-state index in [0.29, 0.717) is 23.1 Å². The van der Waals surface area contributed by atoms with Gasteiger partial charge in [0.2, 0.25) is 16.0 Å². The maximum atomic E-state index is 12.8. The van der Waals surface area contributed by atoms with Gasteiger partial charge in [-0.15, -0.1) is 0 Å². The van der Waals surface area contributed by atoms with Gasteiger partial charge >= 0.3 is 0 Å². The summed E-state index contributed by atoms with van der Waals surface area (Å²) in [6.07, 6.45) is 1.77. The standard InChI is InChI=1S/C25H32N8O2S/c1-31(2)16-17-33(5)19-12-10-18(11-13-19)27-25-29-23-20(14-15-26-23)24(30-25)28-21-8-6-7-9-22(21)36(34,35)32(3)4/h6-15H,16-17H2,1-5H3,(H3,26,27,28,29,30). The fourth-order valence-electron chi connectivity index (χ4n) is 3.62. The minimum atomic E-state index is -3.65. The summed E-state index contributed by atoms with van der Waals surface area (Å²) >= 11 is 0. The highest BCUT2D eigenvalue weighted by Crippen LogP contribution is 2.30. The Hall–Kier alpha value is -3.67. The highest BCUT2D eigenvalue weighted by Gasteiger charge is 2.22. The van der Waals surface area contributed by atoms with Gasteiger partial charge in [0.05, 0.1) is 11.1 Å². The highest BCUT2D eigenvalue weighted by atomic mass is 32.2. The molecule has 0 unspecified atom stereocenters. The van der Waals surface area contributed by atoms with Crippen molar-refractivity contribution in [2.45, 2.75) is 4.90 Å². The van der Waals surface area contributed by atoms with E-state index in [-0.39, 0.29) is 4.90 Å². The van der Waals surface area contributed by atoms with Gasteiger partial charge in [-0.25, -0.2) is 12.7 Å². The number of nitrogens with one attached hydrogen (secondary N) is 3. The van der Waals surface area contributed by atoms with Crippen LogP contribution in [0.2, 0.25) is 0 Å². The highest BCUT2D eigenvalue weighted by molar-refractivity contribution is 7.89. The van der Waals surface area contributed by atoms with E-state index in [4.69, 9.17) is 0 Å². The molecule has 0 atom stereocenters. The van der Waals surface area contributed by atoms with Crippen LogP contribution in [0, 0.1) is 0 Å². The maximum Gasteiger partial charge on any atom is 0.244 e. The Morgan fingerprint density at radius 1 is 0.861 bits per heavy atom. The molecule has 2 heterocycles. The van der Waals surface area contributed by atoms with Gasteiger partial charge < -0.3 is 25.4 Å². The molecule has 0 spiro atoms. The molecule has 0 aliphatic heterocycles. The Balaban J connectivity index is 1.60. The number of benzene rings is 2. The molecule has 2 aromatic heterocycles. The second-order valence-electron chi connectivity index (χ2n) is 8.94. The molecule has 0 radical (unpaired) electrons. The maximum absolute atomic E-state index is 12.8. The molecule has 190 valence electrons. The molecule has 0 amide bonds. The van der Waals surface area contributed by atoms with Crippen LogP contribution in [0.15, 0.2) is 65.7 Å². The first kappa shape index (κ1) is 25.4. The van der Waals surface area contributed by atoms with Crippen molar-refractivity contribution in [2.75, 3.05) is 63.9 Å². The van der Waals surface area contributed by atoms with Crippen molar-refractivity contribution >= 4 is 49.9 Å². The number of aromatic amines is 1. The number of fused-ring (bicyclic) bond motifs is 1. The summed E-state index contributed by atoms with van der Waals surface area (Å²) in [4.78, 5) is 16.9. The Bertz CT molecular complexity index is 1430. The van der Waals surface area contributed by atoms with Crippen LogP contribution in [-0.2, 0) is 10.0 Å². The zero-order chi connectivity index (χ0) is 25.9. The van der Waals surface area contributed by atoms with Crippen LogP contribution in [0.25, 0.3) is 11.0 Å². The monoisotopic (exact) mass is 508 g/mol. The van der Waals surface area contributed by atoms with Gasteiger partial charge in [-0.2, -0.15) is 9.97 Å². The summed E-state index contributed by atoms with van der Waals surface area (Å²) in [5, 5.41) is 7.21. The minimum absolute atomic E-state index is 0.167. The van der Waals surface area contributed by atoms with Gasteiger partial charge in [0.25, 0.3) is 0 Å². The summed E-state index contributed by atoms with van der Waals surface area (Å²) in [6.45, 7) is 1.89. The van der Waals surface area contributed by atoms with E-state index >= 15 is 0 Å². The molecule has 3 N–H and O–H groups in total. The number of hydrogen-bond donors (Lipinski definition) is 3. The van der Waals surface area contributed by atoms with Gasteiger partial charge in [-0.05, 0) is 56.6 Å². The molecule has 0 saturated heterocycles. The van der Waals surface area contributed by atoms with E-state index in [0.717, 1.165) is 29.9 Å². The van der Waals surface area contributed by atoms with E-state index < -0.39 is 10.0 Å². The lowest BCUT2D eigenvalue weighted by Gasteiger charge is -2.21. The van der Waals surface area contributed by atoms with Crippen LogP contribution in [-0.4, -0.2) is 80.9 Å². The lowest BCUT2D eigenvalue weighted by atomic mass is 10.2. The molecule has 4 aromatic rings. The lowest BCUT2D eigenvalue weighted by Crippen LogP contribution is -2.28. The van der Waals surface area contributed by atoms with E-state index in [9.17, 15) is 8.42 Å². The number of H-pyrrole nitrogens is 1. The number of rotatable bonds is 10. The second-order valence-corrected chi connectivity index (χ2v) is 11.1. The fourth-order valence-corrected chi connectivity index (χ4v) is 4.66. The molecule has 0 aliphatic carbocycles. The first-order chi connectivity index (χ1) is 17.1. The van der Waals surface area contributed by atoms with E-state index in [1.807, 2.05) is 30.3 Å². The van der Waals surface area contributed by atoms with Gasteiger partial charge in [-0.3, -0.25) is 0 Å². The Morgan fingerprint density at radius 2 is 1.58 bits per heavy atom. The molecule has 36 heavy (non-hydrogen) atoms. The normalized spacial score (nSPS) is 11.9. The molecule has 0 fully saturated rings. The fraction of sp³-hybridized carbons (Fsp3) is 0.280. The predicted octanol–water partition coefficient (Wildman–Crippen LogP) is 3.69. The zero-order valence-electron chi connectivity index (χ0n) is 21.1. The predicted molar refractivity (Wildman–Crippen MR) is 146 cm³/mol. The number of likely N-dealkylation sites (N-methyl/N-ethyl adjacent to an activating group) is 2. The first-order valence-corrected chi connectivity index (χ1v) is 13.0. The average molecular weight is 509 g/mol. The van der Waals surface area contributed by atoms with Crippen LogP contribution in [0.5, 0.6) is 0 Å². The quantitative estimate of drug-likeness (QED) is 0.298. The number of sulfonamides is 1. The Morgan fingerprint density at radius 3 is 2.28 bits per heavy atom. The number of hydrogen-bond acceptors (Lipinski definition) is 8. The van der Waals surface area contributed by atoms with E-state index in [1.165, 1.54) is 18.4 Å². The van der Waals surface area contributed by atoms with Gasteiger partial charge in [0.1, 0.15) is 16.4 Å². The summed E-state index contributed by atoms with van der Waals surface area (Å²) < 4.78 is 26.9. The molecular formula is C25H32N8O2S. The van der Waals surface area contributed by atoms with Gasteiger partial charge in [0, 0.05) is 51.8 Å². The van der Waals surface area contributed by atoms with Crippen LogP contribution in [0.3, 0.4) is 0 Å². The molecule has 11 heteroatoms. The summed E-state index contributed by atoms with van der Waals surface area (Å²) in [5.74, 6) is 0.874.